The normalized spacial score (nSPS) is 49.6. The molecule has 0 aromatic carbocycles. The van der Waals surface area contributed by atoms with Crippen molar-refractivity contribution in [3.05, 3.63) is 0 Å². The van der Waals surface area contributed by atoms with Gasteiger partial charge < -0.3 is 63.6 Å². The number of carbonyl (C=O) groups excluding carboxylic acids is 3. The Kier molecular flexibility index (Phi) is 14.9. The standard InChI is InChI=1S/C38H67NO14/c1-14-25-38(10,47)29(43)21(4)27(41)19(2)16-36(8,46)32(53-33-28(42)24(39(11)12)15-20(3)49-33)22(5)31(35(7,18-40)34(45)51-25)52-26-17-37(9,48-13)30(44)23(6)50-26/h18-26,28-33,42-44,46-47H,14-17H2,1-13H3/t19-,20+,21+,22+,23+,24-,25-,26?,28+,29-,30+,31+,32-,33?,35+,36-,37-,38-/m1/s1. The number of nitrogens with zero attached hydrogens (tertiary/aromatic N) is 1. The second-order valence-electron chi connectivity index (χ2n) is 17.0. The minimum atomic E-state index is -2.17. The third kappa shape index (κ3) is 9.33. The molecule has 15 nitrogen and oxygen atoms in total. The van der Waals surface area contributed by atoms with Crippen LogP contribution in [0, 0.1) is 23.2 Å². The van der Waals surface area contributed by atoms with Crippen molar-refractivity contribution in [2.45, 2.75) is 179 Å². The van der Waals surface area contributed by atoms with E-state index in [0.29, 0.717) is 12.7 Å². The van der Waals surface area contributed by atoms with Crippen LogP contribution >= 0.6 is 0 Å². The molecule has 308 valence electrons. The zero-order valence-corrected chi connectivity index (χ0v) is 33.8. The van der Waals surface area contributed by atoms with E-state index in [9.17, 15) is 39.9 Å². The van der Waals surface area contributed by atoms with Gasteiger partial charge in [0.05, 0.1) is 41.7 Å². The van der Waals surface area contributed by atoms with Gasteiger partial charge in [0.15, 0.2) is 12.6 Å². The summed E-state index contributed by atoms with van der Waals surface area (Å²) in [6.45, 7) is 15.4. The van der Waals surface area contributed by atoms with Crippen molar-refractivity contribution >= 4 is 18.0 Å². The van der Waals surface area contributed by atoms with E-state index in [4.69, 9.17) is 28.4 Å². The molecule has 53 heavy (non-hydrogen) atoms. The number of aliphatic hydroxyl groups is 5. The summed E-state index contributed by atoms with van der Waals surface area (Å²) < 4.78 is 36.9. The maximum absolute atomic E-state index is 14.4. The first kappa shape index (κ1) is 45.8. The summed E-state index contributed by atoms with van der Waals surface area (Å²) >= 11 is 0. The fourth-order valence-electron chi connectivity index (χ4n) is 8.61. The fourth-order valence-corrected chi connectivity index (χ4v) is 8.61. The van der Waals surface area contributed by atoms with Gasteiger partial charge in [-0.2, -0.15) is 0 Å². The molecule has 3 saturated heterocycles. The first-order valence-corrected chi connectivity index (χ1v) is 18.9. The van der Waals surface area contributed by atoms with Crippen LogP contribution in [-0.2, 0) is 42.8 Å². The highest BCUT2D eigenvalue weighted by molar-refractivity contribution is 5.93. The molecule has 0 saturated carbocycles. The Morgan fingerprint density at radius 1 is 0.906 bits per heavy atom. The number of ether oxygens (including phenoxy) is 6. The Bertz CT molecular complexity index is 1260. The molecule has 3 rings (SSSR count). The number of carbonyl (C=O) groups is 3. The minimum absolute atomic E-state index is 0.0121. The predicted octanol–water partition coefficient (Wildman–Crippen LogP) is 1.35. The highest BCUT2D eigenvalue weighted by Gasteiger charge is 2.57. The van der Waals surface area contributed by atoms with Gasteiger partial charge in [0.2, 0.25) is 0 Å². The molecular weight excluding hydrogens is 694 g/mol. The van der Waals surface area contributed by atoms with Gasteiger partial charge in [-0.15, -0.1) is 0 Å². The lowest BCUT2D eigenvalue weighted by Crippen LogP contribution is -2.63. The Morgan fingerprint density at radius 3 is 2.04 bits per heavy atom. The molecule has 15 heteroatoms. The molecule has 0 amide bonds. The zero-order chi connectivity index (χ0) is 40.6. The molecule has 0 radical (unpaired) electrons. The summed E-state index contributed by atoms with van der Waals surface area (Å²) in [4.78, 5) is 43.4. The molecular formula is C38H67NO14. The fraction of sp³-hybridized carbons (Fsp3) is 0.921. The second-order valence-corrected chi connectivity index (χ2v) is 17.0. The van der Waals surface area contributed by atoms with E-state index in [2.05, 4.69) is 0 Å². The van der Waals surface area contributed by atoms with E-state index in [1.807, 2.05) is 25.9 Å². The van der Waals surface area contributed by atoms with E-state index >= 15 is 0 Å². The summed E-state index contributed by atoms with van der Waals surface area (Å²) in [5, 5.41) is 57.9. The lowest BCUT2D eigenvalue weighted by molar-refractivity contribution is -0.321. The Balaban J connectivity index is 2.28. The minimum Gasteiger partial charge on any atom is -0.458 e. The molecule has 5 N–H and O–H groups in total. The summed E-state index contributed by atoms with van der Waals surface area (Å²) in [5.41, 5.74) is -7.38. The van der Waals surface area contributed by atoms with Crippen LogP contribution in [0.3, 0.4) is 0 Å². The Hall–Kier alpha value is -1.63. The molecule has 3 heterocycles. The number of cyclic esters (lactones) is 1. The van der Waals surface area contributed by atoms with Gasteiger partial charge in [0.25, 0.3) is 0 Å². The lowest BCUT2D eigenvalue weighted by atomic mass is 9.71. The maximum Gasteiger partial charge on any atom is 0.322 e. The molecule has 0 bridgehead atoms. The summed E-state index contributed by atoms with van der Waals surface area (Å²) in [7, 11) is 5.06. The largest absolute Gasteiger partial charge is 0.458 e. The topological polar surface area (TPSA) is 211 Å². The molecule has 0 spiro atoms. The third-order valence-electron chi connectivity index (χ3n) is 12.2. The quantitative estimate of drug-likeness (QED) is 0.134. The highest BCUT2D eigenvalue weighted by Crippen LogP contribution is 2.43. The number of esters is 1. The van der Waals surface area contributed by atoms with Gasteiger partial charge >= 0.3 is 5.97 Å². The van der Waals surface area contributed by atoms with Crippen LogP contribution in [0.25, 0.3) is 0 Å². The van der Waals surface area contributed by atoms with E-state index in [1.165, 1.54) is 34.8 Å². The summed E-state index contributed by atoms with van der Waals surface area (Å²) in [6.07, 6.45) is -11.2. The highest BCUT2D eigenvalue weighted by atomic mass is 16.7. The monoisotopic (exact) mass is 761 g/mol. The SMILES string of the molecule is CC[C@H]1OC(=O)[C@@](C)(C=O)[C@@H](OC2C[C@@](C)(OC)[C@@H](O)[C@H](C)O2)[C@H](C)[C@@H](OC2O[C@@H](C)C[C@@H](N(C)C)[C@@H]2O)[C@](C)(O)C[C@@H](C)C(=O)[C@H](C)[C@@H](O)[C@]1(C)O. The average molecular weight is 762 g/mol. The van der Waals surface area contributed by atoms with Gasteiger partial charge in [-0.05, 0) is 74.9 Å². The summed E-state index contributed by atoms with van der Waals surface area (Å²) in [5.74, 6) is -4.74. The van der Waals surface area contributed by atoms with Gasteiger partial charge in [-0.25, -0.2) is 0 Å². The smallest absolute Gasteiger partial charge is 0.322 e. The van der Waals surface area contributed by atoms with Crippen LogP contribution in [0.1, 0.15) is 94.9 Å². The molecule has 3 fully saturated rings. The maximum atomic E-state index is 14.4. The van der Waals surface area contributed by atoms with Crippen molar-refractivity contribution < 1.29 is 68.3 Å². The van der Waals surface area contributed by atoms with Crippen molar-refractivity contribution in [3.63, 3.8) is 0 Å². The van der Waals surface area contributed by atoms with Crippen LogP contribution in [0.2, 0.25) is 0 Å². The number of ketones is 1. The summed E-state index contributed by atoms with van der Waals surface area (Å²) in [6, 6.07) is -0.387. The molecule has 18 atom stereocenters. The number of methoxy groups -OCH3 is 1. The van der Waals surface area contributed by atoms with Crippen molar-refractivity contribution in [1.29, 1.82) is 0 Å². The number of aldehydes is 1. The first-order chi connectivity index (χ1) is 24.3. The molecule has 3 aliphatic heterocycles. The molecule has 0 aromatic rings. The van der Waals surface area contributed by atoms with E-state index in [-0.39, 0.29) is 31.4 Å². The Morgan fingerprint density at radius 2 is 1.51 bits per heavy atom. The number of hydrogen-bond donors (Lipinski definition) is 5. The van der Waals surface area contributed by atoms with Gasteiger partial charge in [-0.3, -0.25) is 9.59 Å². The number of likely N-dealkylation sites (N-methyl/N-ethyl adjacent to an activating group) is 1. The van der Waals surface area contributed by atoms with Gasteiger partial charge in [-0.1, -0.05) is 27.7 Å². The van der Waals surface area contributed by atoms with Crippen molar-refractivity contribution in [2.24, 2.45) is 23.2 Å². The van der Waals surface area contributed by atoms with Crippen LogP contribution < -0.4 is 0 Å². The van der Waals surface area contributed by atoms with Crippen molar-refractivity contribution in [2.75, 3.05) is 21.2 Å². The van der Waals surface area contributed by atoms with Crippen LogP contribution in [0.15, 0.2) is 0 Å². The molecule has 0 aromatic heterocycles. The van der Waals surface area contributed by atoms with Crippen LogP contribution in [-0.4, -0.2) is 154 Å². The molecule has 3 aliphatic rings. The molecule has 0 aliphatic carbocycles. The predicted molar refractivity (Wildman–Crippen MR) is 191 cm³/mol. The Labute approximate surface area is 314 Å². The van der Waals surface area contributed by atoms with Crippen LogP contribution in [0.5, 0.6) is 0 Å². The average Bonchev–Trinajstić information content (AvgIpc) is 3.09. The second kappa shape index (κ2) is 17.2. The number of aliphatic hydroxyl groups excluding tert-OH is 3. The third-order valence-corrected chi connectivity index (χ3v) is 12.2. The number of hydrogen-bond acceptors (Lipinski definition) is 15. The van der Waals surface area contributed by atoms with Crippen molar-refractivity contribution in [1.82, 2.24) is 4.90 Å². The van der Waals surface area contributed by atoms with Gasteiger partial charge in [0.1, 0.15) is 41.4 Å². The lowest BCUT2D eigenvalue weighted by Gasteiger charge is -2.50. The van der Waals surface area contributed by atoms with E-state index < -0.39 is 107 Å². The van der Waals surface area contributed by atoms with Crippen molar-refractivity contribution in [3.8, 4) is 0 Å². The van der Waals surface area contributed by atoms with E-state index in [1.54, 1.807) is 34.6 Å². The number of rotatable bonds is 8. The first-order valence-electron chi connectivity index (χ1n) is 18.9. The van der Waals surface area contributed by atoms with Crippen LogP contribution in [0.4, 0.5) is 0 Å². The zero-order valence-electron chi connectivity index (χ0n) is 33.8. The molecule has 2 unspecified atom stereocenters. The van der Waals surface area contributed by atoms with Gasteiger partial charge in [0, 0.05) is 37.3 Å². The van der Waals surface area contributed by atoms with E-state index in [0.717, 1.165) is 0 Å². The number of Topliss-reactive ketones (excluding diaryl/α,β-unsaturated/α-hetero) is 1.